The molecular formula is C21H18N6O2. The number of anilines is 1. The van der Waals surface area contributed by atoms with Crippen LogP contribution in [-0.2, 0) is 0 Å². The van der Waals surface area contributed by atoms with Gasteiger partial charge in [-0.15, -0.1) is 0 Å². The lowest BCUT2D eigenvalue weighted by Crippen LogP contribution is -2.28. The fourth-order valence-electron chi connectivity index (χ4n) is 2.99. The van der Waals surface area contributed by atoms with E-state index in [0.717, 1.165) is 11.1 Å². The molecule has 4 rings (SSSR count). The molecule has 0 aliphatic heterocycles. The first-order chi connectivity index (χ1) is 14.2. The van der Waals surface area contributed by atoms with Crippen molar-refractivity contribution in [2.75, 3.05) is 11.9 Å². The zero-order valence-electron chi connectivity index (χ0n) is 15.7. The Balaban J connectivity index is 1.85. The largest absolute Gasteiger partial charge is 0.338 e. The van der Waals surface area contributed by atoms with Crippen LogP contribution in [0.4, 0.5) is 10.5 Å². The molecule has 29 heavy (non-hydrogen) atoms. The summed E-state index contributed by atoms with van der Waals surface area (Å²) in [5.41, 5.74) is 3.48. The van der Waals surface area contributed by atoms with E-state index < -0.39 is 0 Å². The maximum atomic E-state index is 13.1. The van der Waals surface area contributed by atoms with E-state index in [1.165, 1.54) is 4.57 Å². The predicted molar refractivity (Wildman–Crippen MR) is 110 cm³/mol. The van der Waals surface area contributed by atoms with Crippen LogP contribution in [0.5, 0.6) is 0 Å². The lowest BCUT2D eigenvalue weighted by Gasteiger charge is -2.05. The molecule has 0 saturated carbocycles. The molecule has 4 aromatic rings. The number of amides is 2. The number of hydrogen-bond acceptors (Lipinski definition) is 5. The van der Waals surface area contributed by atoms with Crippen molar-refractivity contribution < 1.29 is 9.59 Å². The van der Waals surface area contributed by atoms with Gasteiger partial charge in [-0.1, -0.05) is 12.1 Å². The van der Waals surface area contributed by atoms with Gasteiger partial charge in [0.1, 0.15) is 11.2 Å². The molecule has 0 saturated heterocycles. The molecule has 2 amide bonds. The van der Waals surface area contributed by atoms with Gasteiger partial charge >= 0.3 is 6.03 Å². The van der Waals surface area contributed by atoms with Gasteiger partial charge in [0.05, 0.1) is 11.2 Å². The summed E-state index contributed by atoms with van der Waals surface area (Å²) in [6.45, 7) is 2.31. The molecule has 8 heteroatoms. The van der Waals surface area contributed by atoms with Gasteiger partial charge in [-0.25, -0.2) is 4.79 Å². The number of rotatable bonds is 4. The normalized spacial score (nSPS) is 10.7. The lowest BCUT2D eigenvalue weighted by molar-refractivity contribution is 0.0960. The van der Waals surface area contributed by atoms with E-state index in [4.69, 9.17) is 0 Å². The first kappa shape index (κ1) is 18.3. The molecule has 0 spiro atoms. The summed E-state index contributed by atoms with van der Waals surface area (Å²) in [6.07, 6.45) is 8.24. The second-order valence-corrected chi connectivity index (χ2v) is 6.25. The van der Waals surface area contributed by atoms with Crippen molar-refractivity contribution in [1.82, 2.24) is 24.8 Å². The van der Waals surface area contributed by atoms with Crippen molar-refractivity contribution in [3.8, 4) is 11.1 Å². The van der Waals surface area contributed by atoms with Crippen LogP contribution >= 0.6 is 0 Å². The van der Waals surface area contributed by atoms with Crippen molar-refractivity contribution in [1.29, 1.82) is 0 Å². The van der Waals surface area contributed by atoms with Crippen LogP contribution in [0.15, 0.2) is 67.4 Å². The fourth-order valence-corrected chi connectivity index (χ4v) is 2.99. The van der Waals surface area contributed by atoms with Gasteiger partial charge in [-0.05, 0) is 31.2 Å². The van der Waals surface area contributed by atoms with E-state index in [1.807, 2.05) is 25.1 Å². The molecule has 0 bridgehead atoms. The van der Waals surface area contributed by atoms with Gasteiger partial charge in [-0.3, -0.25) is 24.3 Å². The molecule has 144 valence electrons. The average molecular weight is 386 g/mol. The summed E-state index contributed by atoms with van der Waals surface area (Å²) in [4.78, 5) is 37.9. The van der Waals surface area contributed by atoms with Gasteiger partial charge in [0.25, 0.3) is 5.91 Å². The maximum Gasteiger partial charge on any atom is 0.319 e. The van der Waals surface area contributed by atoms with E-state index >= 15 is 0 Å². The number of aromatic nitrogens is 4. The Bertz CT molecular complexity index is 1170. The number of hydrogen-bond donors (Lipinski definition) is 2. The second kappa shape index (κ2) is 7.89. The van der Waals surface area contributed by atoms with E-state index in [0.29, 0.717) is 29.0 Å². The number of carbonyl (C=O) groups excluding carboxylic acids is 2. The van der Waals surface area contributed by atoms with Gasteiger partial charge in [-0.2, -0.15) is 0 Å². The Kier molecular flexibility index (Phi) is 4.98. The highest BCUT2D eigenvalue weighted by molar-refractivity contribution is 6.07. The molecular weight excluding hydrogens is 368 g/mol. The summed E-state index contributed by atoms with van der Waals surface area (Å²) in [5.74, 6) is -0.315. The molecule has 0 radical (unpaired) electrons. The van der Waals surface area contributed by atoms with Crippen LogP contribution in [0.2, 0.25) is 0 Å². The van der Waals surface area contributed by atoms with Crippen LogP contribution in [0.3, 0.4) is 0 Å². The van der Waals surface area contributed by atoms with E-state index in [2.05, 4.69) is 25.6 Å². The summed E-state index contributed by atoms with van der Waals surface area (Å²) in [6, 6.07) is 10.4. The zero-order valence-corrected chi connectivity index (χ0v) is 15.7. The van der Waals surface area contributed by atoms with Gasteiger partial charge < -0.3 is 10.6 Å². The van der Waals surface area contributed by atoms with Crippen LogP contribution in [-0.4, -0.2) is 38.0 Å². The Morgan fingerprint density at radius 2 is 1.93 bits per heavy atom. The Labute approximate surface area is 166 Å². The van der Waals surface area contributed by atoms with Crippen LogP contribution in [0, 0.1) is 0 Å². The molecule has 0 aliphatic rings. The third kappa shape index (κ3) is 3.68. The van der Waals surface area contributed by atoms with Crippen LogP contribution in [0.1, 0.15) is 17.4 Å². The summed E-state index contributed by atoms with van der Waals surface area (Å²) in [7, 11) is 0. The Morgan fingerprint density at radius 3 is 2.66 bits per heavy atom. The topological polar surface area (TPSA) is 102 Å². The minimum atomic E-state index is -0.366. The smallest absolute Gasteiger partial charge is 0.319 e. The lowest BCUT2D eigenvalue weighted by atomic mass is 10.1. The molecule has 0 unspecified atom stereocenters. The molecule has 4 heterocycles. The minimum Gasteiger partial charge on any atom is -0.338 e. The van der Waals surface area contributed by atoms with Crippen molar-refractivity contribution in [2.45, 2.75) is 6.92 Å². The number of nitrogens with one attached hydrogen (secondary N) is 2. The standard InChI is InChI=1S/C21H18N6O2/c1-2-23-21(29)26-17-13-27(20(28)16-7-3-4-9-24-16)18-10-15(12-25-19(17)18)14-6-5-8-22-11-14/h3-13H,2H2,1H3,(H2,23,26,29). The van der Waals surface area contributed by atoms with Crippen molar-refractivity contribution in [3.63, 3.8) is 0 Å². The number of pyridine rings is 3. The summed E-state index contributed by atoms with van der Waals surface area (Å²) < 4.78 is 1.45. The Hall–Kier alpha value is -4.07. The first-order valence-electron chi connectivity index (χ1n) is 9.09. The van der Waals surface area contributed by atoms with Crippen molar-refractivity contribution in [2.24, 2.45) is 0 Å². The van der Waals surface area contributed by atoms with Gasteiger partial charge in [0, 0.05) is 48.7 Å². The van der Waals surface area contributed by atoms with Crippen LogP contribution in [0.25, 0.3) is 22.2 Å². The van der Waals surface area contributed by atoms with Crippen molar-refractivity contribution >= 4 is 28.7 Å². The monoisotopic (exact) mass is 386 g/mol. The summed E-state index contributed by atoms with van der Waals surface area (Å²) in [5, 5.41) is 5.43. The van der Waals surface area contributed by atoms with E-state index in [9.17, 15) is 9.59 Å². The molecule has 4 aromatic heterocycles. The summed E-state index contributed by atoms with van der Waals surface area (Å²) >= 11 is 0. The number of urea groups is 1. The third-order valence-corrected chi connectivity index (χ3v) is 4.32. The van der Waals surface area contributed by atoms with E-state index in [1.54, 1.807) is 49.2 Å². The molecule has 0 aromatic carbocycles. The predicted octanol–water partition coefficient (Wildman–Crippen LogP) is 3.32. The van der Waals surface area contributed by atoms with Crippen molar-refractivity contribution in [3.05, 3.63) is 73.1 Å². The van der Waals surface area contributed by atoms with Gasteiger partial charge in [0.2, 0.25) is 0 Å². The van der Waals surface area contributed by atoms with E-state index in [-0.39, 0.29) is 11.9 Å². The molecule has 0 fully saturated rings. The molecule has 0 atom stereocenters. The molecule has 2 N–H and O–H groups in total. The maximum absolute atomic E-state index is 13.1. The zero-order chi connectivity index (χ0) is 20.2. The fraction of sp³-hybridized carbons (Fsp3) is 0.0952. The first-order valence-corrected chi connectivity index (χ1v) is 9.09. The highest BCUT2D eigenvalue weighted by atomic mass is 16.2. The van der Waals surface area contributed by atoms with Crippen LogP contribution < -0.4 is 10.6 Å². The number of nitrogens with zero attached hydrogens (tertiary/aromatic N) is 4. The number of fused-ring (bicyclic) bond motifs is 1. The molecule has 8 nitrogen and oxygen atoms in total. The quantitative estimate of drug-likeness (QED) is 0.560. The highest BCUT2D eigenvalue weighted by Gasteiger charge is 2.19. The SMILES string of the molecule is CCNC(=O)Nc1cn(C(=O)c2ccccn2)c2cc(-c3cccnc3)cnc12. The minimum absolute atomic E-state index is 0.292. The average Bonchev–Trinajstić information content (AvgIpc) is 3.12. The highest BCUT2D eigenvalue weighted by Crippen LogP contribution is 2.29. The number of carbonyl (C=O) groups is 2. The van der Waals surface area contributed by atoms with Gasteiger partial charge in [0.15, 0.2) is 0 Å². The Morgan fingerprint density at radius 1 is 1.03 bits per heavy atom. The third-order valence-electron chi connectivity index (χ3n) is 4.32. The molecule has 0 aliphatic carbocycles. The second-order valence-electron chi connectivity index (χ2n) is 6.25.